The molecule has 5 heteroatoms. The first-order chi connectivity index (χ1) is 15.6. The molecule has 2 heterocycles. The standard InChI is InChI=1S/C27H22N2O3/c30-24-20-14-8-7-11-18(20)16-27(24)23-22(21(28-27)15-17-9-3-1-4-10-17)25(31)29(26(23)32)19-12-5-2-6-13-19/h1-14,21-23,28H,15-16H2/t21-,22+,23-,27-/m0/s1. The lowest BCUT2D eigenvalue weighted by molar-refractivity contribution is -0.123. The lowest BCUT2D eigenvalue weighted by Crippen LogP contribution is -2.56. The Morgan fingerprint density at radius 2 is 1.47 bits per heavy atom. The van der Waals surface area contributed by atoms with E-state index in [0.717, 1.165) is 11.1 Å². The van der Waals surface area contributed by atoms with Gasteiger partial charge in [-0.1, -0.05) is 72.8 Å². The maximum Gasteiger partial charge on any atom is 0.240 e. The number of Topliss-reactive ketones (excluding diaryl/α,β-unsaturated/α-hetero) is 1. The minimum atomic E-state index is -1.08. The van der Waals surface area contributed by atoms with E-state index in [1.54, 1.807) is 12.1 Å². The lowest BCUT2D eigenvalue weighted by atomic mass is 9.77. The average Bonchev–Trinajstić information content (AvgIpc) is 3.39. The second-order valence-corrected chi connectivity index (χ2v) is 8.93. The van der Waals surface area contributed by atoms with Crippen LogP contribution in [0.15, 0.2) is 84.9 Å². The van der Waals surface area contributed by atoms with Crippen molar-refractivity contribution >= 4 is 23.3 Å². The minimum absolute atomic E-state index is 0.0743. The van der Waals surface area contributed by atoms with Gasteiger partial charge in [0, 0.05) is 11.6 Å². The first-order valence-corrected chi connectivity index (χ1v) is 11.0. The van der Waals surface area contributed by atoms with Crippen LogP contribution in [0, 0.1) is 11.8 Å². The molecule has 2 aliphatic heterocycles. The first-order valence-electron chi connectivity index (χ1n) is 11.0. The molecular formula is C27H22N2O3. The number of carbonyl (C=O) groups is 3. The summed E-state index contributed by atoms with van der Waals surface area (Å²) < 4.78 is 0. The number of benzene rings is 3. The zero-order chi connectivity index (χ0) is 21.9. The Balaban J connectivity index is 1.46. The summed E-state index contributed by atoms with van der Waals surface area (Å²) in [6.45, 7) is 0. The summed E-state index contributed by atoms with van der Waals surface area (Å²) in [5.74, 6) is -1.88. The number of nitrogens with zero attached hydrogens (tertiary/aromatic N) is 1. The SMILES string of the molecule is O=C1[C@@H]2[C@H](Cc3ccccc3)N[C@@]3(Cc4ccccc4C3=O)[C@@H]2C(=O)N1c1ccccc1. The van der Waals surface area contributed by atoms with Gasteiger partial charge in [-0.25, -0.2) is 4.90 Å². The van der Waals surface area contributed by atoms with Crippen LogP contribution in [0.2, 0.25) is 0 Å². The number of rotatable bonds is 3. The van der Waals surface area contributed by atoms with E-state index < -0.39 is 17.4 Å². The molecule has 0 aromatic heterocycles. The van der Waals surface area contributed by atoms with E-state index in [-0.39, 0.29) is 23.6 Å². The number of carbonyl (C=O) groups excluding carboxylic acids is 3. The van der Waals surface area contributed by atoms with E-state index in [1.165, 1.54) is 4.90 Å². The highest BCUT2D eigenvalue weighted by atomic mass is 16.2. The van der Waals surface area contributed by atoms with Gasteiger partial charge in [0.1, 0.15) is 0 Å². The highest BCUT2D eigenvalue weighted by molar-refractivity contribution is 6.26. The van der Waals surface area contributed by atoms with Gasteiger partial charge in [0.05, 0.1) is 23.1 Å². The monoisotopic (exact) mass is 422 g/mol. The van der Waals surface area contributed by atoms with Crippen molar-refractivity contribution in [1.29, 1.82) is 0 Å². The molecule has 32 heavy (non-hydrogen) atoms. The van der Waals surface area contributed by atoms with E-state index in [2.05, 4.69) is 5.32 Å². The summed E-state index contributed by atoms with van der Waals surface area (Å²) in [6, 6.07) is 26.2. The molecule has 158 valence electrons. The Kier molecular flexibility index (Phi) is 4.17. The van der Waals surface area contributed by atoms with Crippen LogP contribution in [0.4, 0.5) is 5.69 Å². The van der Waals surface area contributed by atoms with E-state index >= 15 is 0 Å². The van der Waals surface area contributed by atoms with Crippen molar-refractivity contribution < 1.29 is 14.4 Å². The Morgan fingerprint density at radius 3 is 2.19 bits per heavy atom. The molecule has 0 bridgehead atoms. The molecular weight excluding hydrogens is 400 g/mol. The molecule has 2 fully saturated rings. The average molecular weight is 422 g/mol. The molecule has 0 saturated carbocycles. The fraction of sp³-hybridized carbons (Fsp3) is 0.222. The van der Waals surface area contributed by atoms with Crippen LogP contribution in [0.25, 0.3) is 0 Å². The highest BCUT2D eigenvalue weighted by Crippen LogP contribution is 2.50. The number of anilines is 1. The number of amides is 2. The van der Waals surface area contributed by atoms with Crippen molar-refractivity contribution in [3.8, 4) is 0 Å². The summed E-state index contributed by atoms with van der Waals surface area (Å²) in [5.41, 5.74) is 2.14. The van der Waals surface area contributed by atoms with Crippen LogP contribution >= 0.6 is 0 Å². The Morgan fingerprint density at radius 1 is 0.812 bits per heavy atom. The molecule has 2 amide bonds. The second-order valence-electron chi connectivity index (χ2n) is 8.93. The molecule has 0 radical (unpaired) electrons. The quantitative estimate of drug-likeness (QED) is 0.659. The molecule has 6 rings (SSSR count). The van der Waals surface area contributed by atoms with Crippen LogP contribution in [0.1, 0.15) is 21.5 Å². The molecule has 3 aromatic carbocycles. The maximum absolute atomic E-state index is 13.8. The van der Waals surface area contributed by atoms with Crippen molar-refractivity contribution in [1.82, 2.24) is 5.32 Å². The molecule has 3 aromatic rings. The van der Waals surface area contributed by atoms with Gasteiger partial charge in [0.25, 0.3) is 0 Å². The van der Waals surface area contributed by atoms with Crippen molar-refractivity contribution in [3.63, 3.8) is 0 Å². The van der Waals surface area contributed by atoms with E-state index in [1.807, 2.05) is 72.8 Å². The zero-order valence-electron chi connectivity index (χ0n) is 17.4. The minimum Gasteiger partial charge on any atom is -0.300 e. The molecule has 1 aliphatic carbocycles. The van der Waals surface area contributed by atoms with Gasteiger partial charge in [-0.05, 0) is 36.1 Å². The summed E-state index contributed by atoms with van der Waals surface area (Å²) in [4.78, 5) is 42.4. The number of fused-ring (bicyclic) bond motifs is 3. The molecule has 4 atom stereocenters. The van der Waals surface area contributed by atoms with E-state index in [4.69, 9.17) is 0 Å². The summed E-state index contributed by atoms with van der Waals surface area (Å²) in [6.07, 6.45) is 1.01. The topological polar surface area (TPSA) is 66.5 Å². The van der Waals surface area contributed by atoms with E-state index in [0.29, 0.717) is 24.1 Å². The number of hydrogen-bond acceptors (Lipinski definition) is 4. The number of para-hydroxylation sites is 1. The fourth-order valence-electron chi connectivity index (χ4n) is 5.89. The van der Waals surface area contributed by atoms with Gasteiger partial charge < -0.3 is 0 Å². The van der Waals surface area contributed by atoms with Crippen LogP contribution in [0.3, 0.4) is 0 Å². The predicted octanol–water partition coefficient (Wildman–Crippen LogP) is 3.18. The largest absolute Gasteiger partial charge is 0.300 e. The van der Waals surface area contributed by atoms with Gasteiger partial charge in [-0.15, -0.1) is 0 Å². The Labute approximate surface area is 186 Å². The summed E-state index contributed by atoms with van der Waals surface area (Å²) in [5, 5.41) is 3.53. The van der Waals surface area contributed by atoms with Crippen molar-refractivity contribution in [2.24, 2.45) is 11.8 Å². The van der Waals surface area contributed by atoms with Crippen LogP contribution in [-0.2, 0) is 22.4 Å². The smallest absolute Gasteiger partial charge is 0.240 e. The lowest BCUT2D eigenvalue weighted by Gasteiger charge is -2.29. The first kappa shape index (κ1) is 19.1. The van der Waals surface area contributed by atoms with Crippen molar-refractivity contribution in [3.05, 3.63) is 102 Å². The fourth-order valence-corrected chi connectivity index (χ4v) is 5.89. The predicted molar refractivity (Wildman–Crippen MR) is 120 cm³/mol. The van der Waals surface area contributed by atoms with Gasteiger partial charge in [0.2, 0.25) is 11.8 Å². The summed E-state index contributed by atoms with van der Waals surface area (Å²) >= 11 is 0. The third-order valence-electron chi connectivity index (χ3n) is 7.21. The second kappa shape index (κ2) is 6.97. The molecule has 3 aliphatic rings. The number of nitrogens with one attached hydrogen (secondary N) is 1. The highest BCUT2D eigenvalue weighted by Gasteiger charge is 2.69. The van der Waals surface area contributed by atoms with Gasteiger partial charge in [0.15, 0.2) is 5.78 Å². The van der Waals surface area contributed by atoms with Crippen molar-refractivity contribution in [2.45, 2.75) is 24.4 Å². The molecule has 2 saturated heterocycles. The van der Waals surface area contributed by atoms with Crippen LogP contribution in [0.5, 0.6) is 0 Å². The molecule has 0 unspecified atom stereocenters. The van der Waals surface area contributed by atoms with Gasteiger partial charge in [-0.3, -0.25) is 19.7 Å². The van der Waals surface area contributed by atoms with Crippen LogP contribution < -0.4 is 10.2 Å². The normalized spacial score (nSPS) is 28.4. The van der Waals surface area contributed by atoms with Crippen molar-refractivity contribution in [2.75, 3.05) is 4.90 Å². The number of imide groups is 1. The Bertz CT molecular complexity index is 1240. The zero-order valence-corrected chi connectivity index (χ0v) is 17.4. The van der Waals surface area contributed by atoms with Crippen LogP contribution in [-0.4, -0.2) is 29.2 Å². The third kappa shape index (κ3) is 2.58. The van der Waals surface area contributed by atoms with Gasteiger partial charge in [-0.2, -0.15) is 0 Å². The van der Waals surface area contributed by atoms with E-state index in [9.17, 15) is 14.4 Å². The van der Waals surface area contributed by atoms with Gasteiger partial charge >= 0.3 is 0 Å². The molecule has 1 N–H and O–H groups in total. The molecule has 1 spiro atoms. The number of ketones is 1. The third-order valence-corrected chi connectivity index (χ3v) is 7.21. The Hall–Kier alpha value is -3.57. The maximum atomic E-state index is 13.8. The number of hydrogen-bond donors (Lipinski definition) is 1. The molecule has 5 nitrogen and oxygen atoms in total. The summed E-state index contributed by atoms with van der Waals surface area (Å²) in [7, 11) is 0.